The van der Waals surface area contributed by atoms with Gasteiger partial charge in [0.15, 0.2) is 5.69 Å². The van der Waals surface area contributed by atoms with Gasteiger partial charge in [-0.25, -0.2) is 9.78 Å². The fraction of sp³-hybridized carbons (Fsp3) is 0.421. The second-order valence-corrected chi connectivity index (χ2v) is 6.56. The molecule has 7 heteroatoms. The first kappa shape index (κ1) is 20.1. The maximum atomic E-state index is 12.9. The van der Waals surface area contributed by atoms with Gasteiger partial charge >= 0.3 is 5.97 Å². The zero-order chi connectivity index (χ0) is 18.9. The number of carbonyl (C=O) groups excluding carboxylic acids is 2. The van der Waals surface area contributed by atoms with Crippen LogP contribution in [0.5, 0.6) is 0 Å². The zero-order valence-electron chi connectivity index (χ0n) is 15.4. The smallest absolute Gasteiger partial charge is 0.357 e. The monoisotopic (exact) mass is 376 g/mol. The standard InChI is InChI=1S/C19H24N2O4S/c1-4-14-6-8-15(9-7-14)18(22)21(10-11-24-3)12-17-20-16(13-26-17)19(23)25-5-2/h6-9,13H,4-5,10-12H2,1-3H3. The van der Waals surface area contributed by atoms with Crippen molar-refractivity contribution in [3.8, 4) is 0 Å². The number of hydrogen-bond donors (Lipinski definition) is 0. The van der Waals surface area contributed by atoms with Crippen LogP contribution in [0.2, 0.25) is 0 Å². The molecule has 6 nitrogen and oxygen atoms in total. The molecule has 0 bridgehead atoms. The van der Waals surface area contributed by atoms with Crippen molar-refractivity contribution in [3.05, 3.63) is 51.5 Å². The quantitative estimate of drug-likeness (QED) is 0.629. The lowest BCUT2D eigenvalue weighted by Crippen LogP contribution is -2.33. The first-order chi connectivity index (χ1) is 12.6. The summed E-state index contributed by atoms with van der Waals surface area (Å²) in [5, 5.41) is 2.34. The van der Waals surface area contributed by atoms with Crippen molar-refractivity contribution < 1.29 is 19.1 Å². The minimum Gasteiger partial charge on any atom is -0.461 e. The van der Waals surface area contributed by atoms with Crippen LogP contribution in [0.4, 0.5) is 0 Å². The predicted molar refractivity (Wildman–Crippen MR) is 101 cm³/mol. The van der Waals surface area contributed by atoms with E-state index < -0.39 is 5.97 Å². The van der Waals surface area contributed by atoms with Crippen molar-refractivity contribution in [2.45, 2.75) is 26.8 Å². The number of carbonyl (C=O) groups is 2. The van der Waals surface area contributed by atoms with Gasteiger partial charge in [-0.05, 0) is 31.0 Å². The number of hydrogen-bond acceptors (Lipinski definition) is 6. The van der Waals surface area contributed by atoms with Gasteiger partial charge in [-0.15, -0.1) is 11.3 Å². The lowest BCUT2D eigenvalue weighted by molar-refractivity contribution is 0.0520. The van der Waals surface area contributed by atoms with E-state index in [2.05, 4.69) is 11.9 Å². The van der Waals surface area contributed by atoms with Crippen molar-refractivity contribution in [1.29, 1.82) is 0 Å². The Balaban J connectivity index is 2.13. The number of benzene rings is 1. The van der Waals surface area contributed by atoms with Crippen LogP contribution in [0.3, 0.4) is 0 Å². The highest BCUT2D eigenvalue weighted by atomic mass is 32.1. The van der Waals surface area contributed by atoms with Crippen molar-refractivity contribution in [1.82, 2.24) is 9.88 Å². The van der Waals surface area contributed by atoms with E-state index in [1.807, 2.05) is 24.3 Å². The summed E-state index contributed by atoms with van der Waals surface area (Å²) < 4.78 is 10.1. The number of aromatic nitrogens is 1. The minimum atomic E-state index is -0.445. The molecule has 0 N–H and O–H groups in total. The molecule has 0 saturated heterocycles. The Bertz CT molecular complexity index is 727. The van der Waals surface area contributed by atoms with E-state index in [1.165, 1.54) is 16.9 Å². The van der Waals surface area contributed by atoms with E-state index in [0.717, 1.165) is 6.42 Å². The van der Waals surface area contributed by atoms with Crippen LogP contribution < -0.4 is 0 Å². The normalized spacial score (nSPS) is 10.6. The molecule has 1 aromatic heterocycles. The molecule has 2 aromatic rings. The first-order valence-corrected chi connectivity index (χ1v) is 9.45. The fourth-order valence-electron chi connectivity index (χ4n) is 2.37. The number of nitrogens with zero attached hydrogens (tertiary/aromatic N) is 2. The van der Waals surface area contributed by atoms with Gasteiger partial charge in [0.25, 0.3) is 5.91 Å². The van der Waals surface area contributed by atoms with Crippen LogP contribution >= 0.6 is 11.3 Å². The Morgan fingerprint density at radius 2 is 1.92 bits per heavy atom. The van der Waals surface area contributed by atoms with Crippen LogP contribution in [0.1, 0.15) is 45.3 Å². The van der Waals surface area contributed by atoms with Crippen LogP contribution in [0, 0.1) is 0 Å². The Hall–Kier alpha value is -2.25. The van der Waals surface area contributed by atoms with Gasteiger partial charge in [-0.1, -0.05) is 19.1 Å². The summed E-state index contributed by atoms with van der Waals surface area (Å²) in [4.78, 5) is 30.6. The Morgan fingerprint density at radius 1 is 1.19 bits per heavy atom. The molecule has 26 heavy (non-hydrogen) atoms. The average Bonchev–Trinajstić information content (AvgIpc) is 3.13. The van der Waals surface area contributed by atoms with Gasteiger partial charge in [0, 0.05) is 24.6 Å². The minimum absolute atomic E-state index is 0.0856. The second kappa shape index (κ2) is 10.0. The topological polar surface area (TPSA) is 68.7 Å². The predicted octanol–water partition coefficient (Wildman–Crippen LogP) is 3.17. The number of aryl methyl sites for hydroxylation is 1. The van der Waals surface area contributed by atoms with Gasteiger partial charge in [0.05, 0.1) is 19.8 Å². The molecular weight excluding hydrogens is 352 g/mol. The lowest BCUT2D eigenvalue weighted by atomic mass is 10.1. The molecule has 1 heterocycles. The molecule has 1 aromatic carbocycles. The zero-order valence-corrected chi connectivity index (χ0v) is 16.2. The third kappa shape index (κ3) is 5.37. The van der Waals surface area contributed by atoms with Crippen LogP contribution in [0.15, 0.2) is 29.6 Å². The largest absolute Gasteiger partial charge is 0.461 e. The van der Waals surface area contributed by atoms with Gasteiger partial charge in [-0.3, -0.25) is 4.79 Å². The van der Waals surface area contributed by atoms with Gasteiger partial charge in [0.2, 0.25) is 0 Å². The van der Waals surface area contributed by atoms with E-state index >= 15 is 0 Å². The Kier molecular flexibility index (Phi) is 7.74. The summed E-state index contributed by atoms with van der Waals surface area (Å²) >= 11 is 1.34. The third-order valence-corrected chi connectivity index (χ3v) is 4.66. The number of ether oxygens (including phenoxy) is 2. The Labute approximate surface area is 157 Å². The molecule has 0 unspecified atom stereocenters. The number of thiazole rings is 1. The van der Waals surface area contributed by atoms with Crippen molar-refractivity contribution in [3.63, 3.8) is 0 Å². The number of amides is 1. The summed E-state index contributed by atoms with van der Waals surface area (Å²) in [6, 6.07) is 7.60. The molecule has 2 rings (SSSR count). The van der Waals surface area contributed by atoms with E-state index in [4.69, 9.17) is 9.47 Å². The lowest BCUT2D eigenvalue weighted by Gasteiger charge is -2.21. The van der Waals surface area contributed by atoms with Crippen molar-refractivity contribution in [2.24, 2.45) is 0 Å². The van der Waals surface area contributed by atoms with E-state index in [-0.39, 0.29) is 11.6 Å². The van der Waals surface area contributed by atoms with Crippen LogP contribution in [-0.4, -0.2) is 48.6 Å². The molecule has 0 aliphatic rings. The maximum absolute atomic E-state index is 12.9. The highest BCUT2D eigenvalue weighted by Gasteiger charge is 2.19. The molecule has 0 fully saturated rings. The third-order valence-electron chi connectivity index (χ3n) is 3.82. The summed E-state index contributed by atoms with van der Waals surface area (Å²) in [5.41, 5.74) is 2.09. The highest BCUT2D eigenvalue weighted by molar-refractivity contribution is 7.09. The Morgan fingerprint density at radius 3 is 2.54 bits per heavy atom. The molecule has 0 atom stereocenters. The molecule has 0 radical (unpaired) electrons. The molecule has 0 aliphatic carbocycles. The van der Waals surface area contributed by atoms with E-state index in [0.29, 0.717) is 36.9 Å². The molecule has 140 valence electrons. The van der Waals surface area contributed by atoms with Crippen LogP contribution in [0.25, 0.3) is 0 Å². The second-order valence-electron chi connectivity index (χ2n) is 5.62. The summed E-state index contributed by atoms with van der Waals surface area (Å²) in [6.07, 6.45) is 0.928. The van der Waals surface area contributed by atoms with Gasteiger partial charge < -0.3 is 14.4 Å². The maximum Gasteiger partial charge on any atom is 0.357 e. The molecule has 0 aliphatic heterocycles. The highest BCUT2D eigenvalue weighted by Crippen LogP contribution is 2.16. The molecule has 0 spiro atoms. The molecule has 1 amide bonds. The summed E-state index contributed by atoms with van der Waals surface area (Å²) in [6.45, 7) is 5.32. The number of esters is 1. The number of rotatable bonds is 9. The first-order valence-electron chi connectivity index (χ1n) is 8.57. The van der Waals surface area contributed by atoms with Gasteiger partial charge in [-0.2, -0.15) is 0 Å². The molecular formula is C19H24N2O4S. The molecule has 0 saturated carbocycles. The van der Waals surface area contributed by atoms with Crippen molar-refractivity contribution in [2.75, 3.05) is 26.9 Å². The number of methoxy groups -OCH3 is 1. The van der Waals surface area contributed by atoms with E-state index in [9.17, 15) is 9.59 Å². The summed E-state index contributed by atoms with van der Waals surface area (Å²) in [5.74, 6) is -0.530. The fourth-order valence-corrected chi connectivity index (χ4v) is 3.14. The van der Waals surface area contributed by atoms with Gasteiger partial charge in [0.1, 0.15) is 5.01 Å². The average molecular weight is 376 g/mol. The van der Waals surface area contributed by atoms with E-state index in [1.54, 1.807) is 24.3 Å². The summed E-state index contributed by atoms with van der Waals surface area (Å²) in [7, 11) is 1.60. The van der Waals surface area contributed by atoms with Crippen molar-refractivity contribution >= 4 is 23.2 Å². The SMILES string of the molecule is CCOC(=O)c1csc(CN(CCOC)C(=O)c2ccc(CC)cc2)n1. The van der Waals surface area contributed by atoms with Crippen LogP contribution in [-0.2, 0) is 22.4 Å².